The fourth-order valence-corrected chi connectivity index (χ4v) is 5.57. The minimum absolute atomic E-state index is 0.353. The van der Waals surface area contributed by atoms with E-state index in [0.717, 1.165) is 42.6 Å². The van der Waals surface area contributed by atoms with Crippen molar-refractivity contribution in [3.63, 3.8) is 0 Å². The van der Waals surface area contributed by atoms with Crippen molar-refractivity contribution in [3.05, 3.63) is 75.6 Å². The summed E-state index contributed by atoms with van der Waals surface area (Å²) in [5.74, 6) is 1.15. The van der Waals surface area contributed by atoms with Crippen molar-refractivity contribution >= 4 is 27.3 Å². The number of hydrogen-bond acceptors (Lipinski definition) is 5. The second kappa shape index (κ2) is 13.9. The smallest absolute Gasteiger partial charge is 0.227 e. The van der Waals surface area contributed by atoms with Gasteiger partial charge in [-0.05, 0) is 31.2 Å². The number of oxazole rings is 1. The first-order valence-electron chi connectivity index (χ1n) is 11.7. The molecule has 0 saturated heterocycles. The summed E-state index contributed by atoms with van der Waals surface area (Å²) < 4.78 is 5.75. The first-order valence-corrected chi connectivity index (χ1v) is 13.6. The van der Waals surface area contributed by atoms with E-state index in [4.69, 9.17) is 4.42 Å². The first-order chi connectivity index (χ1) is 15.7. The van der Waals surface area contributed by atoms with Gasteiger partial charge in [-0.3, -0.25) is 0 Å². The van der Waals surface area contributed by atoms with E-state index in [9.17, 15) is 5.11 Å². The summed E-state index contributed by atoms with van der Waals surface area (Å²) in [6.07, 6.45) is 11.7. The molecule has 0 amide bonds. The van der Waals surface area contributed by atoms with Crippen LogP contribution in [0.3, 0.4) is 0 Å². The molecule has 6 heteroatoms. The van der Waals surface area contributed by atoms with Crippen LogP contribution in [-0.2, 0) is 19.4 Å². The van der Waals surface area contributed by atoms with Crippen molar-refractivity contribution in [2.24, 2.45) is 0 Å². The number of likely N-dealkylation sites (N-methyl/N-ethyl adjacent to an activating group) is 1. The van der Waals surface area contributed by atoms with E-state index >= 15 is 0 Å². The Morgan fingerprint density at radius 2 is 1.66 bits per heavy atom. The lowest BCUT2D eigenvalue weighted by molar-refractivity contribution is 0.179. The number of aliphatic hydroxyl groups is 1. The lowest BCUT2D eigenvalue weighted by Gasteiger charge is -2.14. The highest BCUT2D eigenvalue weighted by atomic mass is 79.9. The molecule has 1 fully saturated rings. The van der Waals surface area contributed by atoms with Crippen molar-refractivity contribution in [1.29, 1.82) is 0 Å². The Kier molecular flexibility index (Phi) is 11.0. The zero-order chi connectivity index (χ0) is 22.6. The van der Waals surface area contributed by atoms with E-state index in [1.807, 2.05) is 41.7 Å². The summed E-state index contributed by atoms with van der Waals surface area (Å²) >= 11 is 5.36. The van der Waals surface area contributed by atoms with Crippen molar-refractivity contribution in [3.8, 4) is 0 Å². The largest absolute Gasteiger partial charge is 0.442 e. The Morgan fingerprint density at radius 1 is 1.00 bits per heavy atom. The number of aryl methyl sites for hydroxylation is 1. The van der Waals surface area contributed by atoms with Crippen LogP contribution in [0.15, 0.2) is 53.1 Å². The van der Waals surface area contributed by atoms with Gasteiger partial charge in [0.25, 0.3) is 0 Å². The van der Waals surface area contributed by atoms with Gasteiger partial charge in [-0.2, -0.15) is 0 Å². The van der Waals surface area contributed by atoms with E-state index < -0.39 is 6.10 Å². The van der Waals surface area contributed by atoms with E-state index in [2.05, 4.69) is 45.0 Å². The summed E-state index contributed by atoms with van der Waals surface area (Å²) in [6.45, 7) is 1.81. The van der Waals surface area contributed by atoms with Gasteiger partial charge in [0.2, 0.25) is 5.89 Å². The van der Waals surface area contributed by atoms with Gasteiger partial charge >= 0.3 is 0 Å². The molecule has 1 N–H and O–H groups in total. The molecular weight excluding hydrogens is 484 g/mol. The molecule has 2 aromatic heterocycles. The highest BCUT2D eigenvalue weighted by Gasteiger charge is 2.16. The molecule has 0 radical (unpaired) electrons. The highest BCUT2D eigenvalue weighted by Crippen LogP contribution is 2.22. The predicted octanol–water partition coefficient (Wildman–Crippen LogP) is 6.77. The van der Waals surface area contributed by atoms with Gasteiger partial charge in [0.15, 0.2) is 6.10 Å². The Labute approximate surface area is 204 Å². The average Bonchev–Trinajstić information content (AvgIpc) is 3.49. The summed E-state index contributed by atoms with van der Waals surface area (Å²) in [7, 11) is 2.11. The van der Waals surface area contributed by atoms with Crippen LogP contribution in [0.1, 0.15) is 71.6 Å². The standard InChI is InChI=1S/C20H23BrN2O2S.C6H12/c1-23(14-18-8-7-17(26-18)9-11-21)12-10-16-13-22-20(25-16)19(24)15-5-3-2-4-6-15;1-2-4-6-5-3-1/h2-8,13,19,24H,9-12,14H2,1H3;1-6H2. The van der Waals surface area contributed by atoms with Crippen molar-refractivity contribution < 1.29 is 9.52 Å². The summed E-state index contributed by atoms with van der Waals surface area (Å²) in [5.41, 5.74) is 0.787. The second-order valence-corrected chi connectivity index (χ2v) is 10.4. The van der Waals surface area contributed by atoms with Crippen LogP contribution in [0.2, 0.25) is 0 Å². The molecule has 3 aromatic rings. The topological polar surface area (TPSA) is 49.5 Å². The predicted molar refractivity (Wildman–Crippen MR) is 137 cm³/mol. The third-order valence-electron chi connectivity index (χ3n) is 5.64. The molecule has 32 heavy (non-hydrogen) atoms. The van der Waals surface area contributed by atoms with Gasteiger partial charge in [-0.1, -0.05) is 84.8 Å². The van der Waals surface area contributed by atoms with Gasteiger partial charge in [0.1, 0.15) is 5.76 Å². The van der Waals surface area contributed by atoms with Crippen LogP contribution in [0, 0.1) is 0 Å². The number of hydrogen-bond donors (Lipinski definition) is 1. The van der Waals surface area contributed by atoms with Crippen LogP contribution >= 0.6 is 27.3 Å². The number of aromatic nitrogens is 1. The zero-order valence-electron chi connectivity index (χ0n) is 19.0. The summed E-state index contributed by atoms with van der Waals surface area (Å²) in [5, 5.41) is 11.4. The molecule has 0 spiro atoms. The highest BCUT2D eigenvalue weighted by molar-refractivity contribution is 9.09. The zero-order valence-corrected chi connectivity index (χ0v) is 21.4. The van der Waals surface area contributed by atoms with E-state index in [1.54, 1.807) is 6.20 Å². The minimum atomic E-state index is -0.818. The number of alkyl halides is 1. The van der Waals surface area contributed by atoms with E-state index in [-0.39, 0.29) is 0 Å². The maximum absolute atomic E-state index is 10.4. The number of rotatable bonds is 9. The lowest BCUT2D eigenvalue weighted by Crippen LogP contribution is -2.20. The summed E-state index contributed by atoms with van der Waals surface area (Å²) in [6, 6.07) is 13.9. The number of halogens is 1. The third-order valence-corrected chi connectivity index (χ3v) is 7.17. The quantitative estimate of drug-likeness (QED) is 0.317. The van der Waals surface area contributed by atoms with Crippen molar-refractivity contribution in [2.75, 3.05) is 18.9 Å². The van der Waals surface area contributed by atoms with Crippen LogP contribution in [-0.4, -0.2) is 33.9 Å². The van der Waals surface area contributed by atoms with Crippen LogP contribution in [0.4, 0.5) is 0 Å². The molecule has 2 heterocycles. The third kappa shape index (κ3) is 8.47. The molecular formula is C26H35BrN2O2S. The molecule has 1 aromatic carbocycles. The molecule has 1 aliphatic rings. The molecule has 0 bridgehead atoms. The fraction of sp³-hybridized carbons (Fsp3) is 0.500. The van der Waals surface area contributed by atoms with Gasteiger partial charge in [-0.25, -0.2) is 4.98 Å². The molecule has 1 atom stereocenters. The monoisotopic (exact) mass is 518 g/mol. The molecule has 1 aliphatic carbocycles. The molecule has 1 saturated carbocycles. The van der Waals surface area contributed by atoms with Crippen molar-refractivity contribution in [2.45, 2.75) is 64.0 Å². The normalized spacial score (nSPS) is 14.8. The molecule has 0 aliphatic heterocycles. The molecule has 1 unspecified atom stereocenters. The fourth-order valence-electron chi connectivity index (χ4n) is 3.78. The molecule has 4 rings (SSSR count). The van der Waals surface area contributed by atoms with Crippen molar-refractivity contribution in [1.82, 2.24) is 9.88 Å². The Balaban J connectivity index is 0.000000416. The van der Waals surface area contributed by atoms with Gasteiger partial charge in [-0.15, -0.1) is 11.3 Å². The second-order valence-electron chi connectivity index (χ2n) is 8.39. The van der Waals surface area contributed by atoms with Gasteiger partial charge < -0.3 is 14.4 Å². The maximum atomic E-state index is 10.4. The Bertz CT molecular complexity index is 881. The Hall–Kier alpha value is -1.47. The van der Waals surface area contributed by atoms with Crippen LogP contribution in [0.25, 0.3) is 0 Å². The maximum Gasteiger partial charge on any atom is 0.227 e. The number of nitrogens with zero attached hydrogens (tertiary/aromatic N) is 2. The minimum Gasteiger partial charge on any atom is -0.442 e. The van der Waals surface area contributed by atoms with Gasteiger partial charge in [0, 0.05) is 34.6 Å². The number of benzene rings is 1. The molecule has 4 nitrogen and oxygen atoms in total. The Morgan fingerprint density at radius 3 is 2.31 bits per heavy atom. The summed E-state index contributed by atoms with van der Waals surface area (Å²) in [4.78, 5) is 9.31. The van der Waals surface area contributed by atoms with E-state index in [1.165, 1.54) is 48.3 Å². The van der Waals surface area contributed by atoms with Crippen LogP contribution in [0.5, 0.6) is 0 Å². The van der Waals surface area contributed by atoms with Gasteiger partial charge in [0.05, 0.1) is 6.20 Å². The number of thiophene rings is 1. The number of aliphatic hydroxyl groups excluding tert-OH is 1. The molecule has 174 valence electrons. The van der Waals surface area contributed by atoms with E-state index in [0.29, 0.717) is 5.89 Å². The SMILES string of the molecule is C1CCCCC1.CN(CCc1cnc(C(O)c2ccccc2)o1)Cc1ccc(CCBr)s1. The lowest BCUT2D eigenvalue weighted by atomic mass is 10.0. The van der Waals surface area contributed by atoms with Crippen LogP contribution < -0.4 is 0 Å². The average molecular weight is 520 g/mol. The first kappa shape index (κ1) is 25.2.